The van der Waals surface area contributed by atoms with Crippen molar-refractivity contribution in [1.82, 2.24) is 19.9 Å². The summed E-state index contributed by atoms with van der Waals surface area (Å²) in [7, 11) is 0. The van der Waals surface area contributed by atoms with E-state index < -0.39 is 23.6 Å². The fraction of sp³-hybridized carbons (Fsp3) is 0.444. The minimum Gasteiger partial charge on any atom is -0.481 e. The van der Waals surface area contributed by atoms with Crippen molar-refractivity contribution in [3.05, 3.63) is 41.7 Å². The predicted octanol–water partition coefficient (Wildman–Crippen LogP) is 3.15. The van der Waals surface area contributed by atoms with Crippen LogP contribution in [0.3, 0.4) is 0 Å². The number of piperidine rings is 1. The lowest BCUT2D eigenvalue weighted by Gasteiger charge is -2.35. The van der Waals surface area contributed by atoms with E-state index in [9.17, 15) is 22.8 Å². The number of rotatable bonds is 5. The van der Waals surface area contributed by atoms with Crippen molar-refractivity contribution in [2.24, 2.45) is 0 Å². The van der Waals surface area contributed by atoms with Crippen LogP contribution in [-0.2, 0) is 11.0 Å². The van der Waals surface area contributed by atoms with Gasteiger partial charge in [0, 0.05) is 19.0 Å². The maximum Gasteiger partial charge on any atom is 0.416 e. The Labute approximate surface area is 158 Å². The van der Waals surface area contributed by atoms with Gasteiger partial charge in [0.15, 0.2) is 5.69 Å². The Morgan fingerprint density at radius 1 is 1.25 bits per heavy atom. The van der Waals surface area contributed by atoms with E-state index in [1.807, 2.05) is 0 Å². The smallest absolute Gasteiger partial charge is 0.416 e. The van der Waals surface area contributed by atoms with Crippen LogP contribution in [0, 0.1) is 0 Å². The zero-order chi connectivity index (χ0) is 20.3. The molecule has 1 fully saturated rings. The molecule has 28 heavy (non-hydrogen) atoms. The number of carbonyl (C=O) groups is 2. The highest BCUT2D eigenvalue weighted by Crippen LogP contribution is 2.30. The molecule has 0 aliphatic carbocycles. The third-order valence-electron chi connectivity index (χ3n) is 4.73. The van der Waals surface area contributed by atoms with Gasteiger partial charge in [0.1, 0.15) is 0 Å². The minimum atomic E-state index is -4.49. The molecular weight excluding hydrogens is 377 g/mol. The number of carboxylic acid groups (broad SMARTS) is 1. The molecule has 1 aliphatic rings. The zero-order valence-corrected chi connectivity index (χ0v) is 14.9. The molecule has 1 amide bonds. The topological polar surface area (TPSA) is 88.3 Å². The van der Waals surface area contributed by atoms with Gasteiger partial charge < -0.3 is 10.0 Å². The van der Waals surface area contributed by atoms with Crippen LogP contribution in [-0.4, -0.2) is 49.5 Å². The summed E-state index contributed by atoms with van der Waals surface area (Å²) in [4.78, 5) is 25.2. The number of amides is 1. The number of halogens is 3. The Bertz CT molecular complexity index is 866. The number of aliphatic carboxylic acids is 1. The van der Waals surface area contributed by atoms with Gasteiger partial charge in [-0.1, -0.05) is 11.3 Å². The standard InChI is InChI=1S/C18H19F3N4O3/c19-18(20,21)12-4-3-6-14(10-12)25-11-15(22-23-25)17(28)24-9-2-1-5-13(24)7-8-16(26)27/h3-4,6,10-11,13H,1-2,5,7-9H2,(H,26,27)/t13-/m1/s1. The first-order chi connectivity index (χ1) is 13.3. The lowest BCUT2D eigenvalue weighted by Crippen LogP contribution is -2.44. The van der Waals surface area contributed by atoms with Crippen molar-refractivity contribution in [3.63, 3.8) is 0 Å². The first-order valence-electron chi connectivity index (χ1n) is 8.88. The lowest BCUT2D eigenvalue weighted by molar-refractivity contribution is -0.138. The summed E-state index contributed by atoms with van der Waals surface area (Å²) in [5, 5.41) is 16.5. The summed E-state index contributed by atoms with van der Waals surface area (Å²) in [6.07, 6.45) is -0.460. The van der Waals surface area contributed by atoms with Crippen LogP contribution in [0.25, 0.3) is 5.69 Å². The summed E-state index contributed by atoms with van der Waals surface area (Å²) in [6.45, 7) is 0.486. The normalized spacial score (nSPS) is 17.5. The number of alkyl halides is 3. The molecule has 1 aromatic heterocycles. The van der Waals surface area contributed by atoms with Crippen molar-refractivity contribution in [1.29, 1.82) is 0 Å². The van der Waals surface area contributed by atoms with E-state index in [0.29, 0.717) is 19.4 Å². The van der Waals surface area contributed by atoms with Crippen LogP contribution in [0.15, 0.2) is 30.5 Å². The Morgan fingerprint density at radius 2 is 2.04 bits per heavy atom. The van der Waals surface area contributed by atoms with E-state index in [1.54, 1.807) is 4.90 Å². The Balaban J connectivity index is 1.79. The highest BCUT2D eigenvalue weighted by Gasteiger charge is 2.31. The van der Waals surface area contributed by atoms with Gasteiger partial charge in [-0.2, -0.15) is 13.2 Å². The van der Waals surface area contributed by atoms with Crippen molar-refractivity contribution >= 4 is 11.9 Å². The number of benzene rings is 1. The van der Waals surface area contributed by atoms with Crippen LogP contribution in [0.4, 0.5) is 13.2 Å². The van der Waals surface area contributed by atoms with Gasteiger partial charge in [0.05, 0.1) is 17.4 Å². The Kier molecular flexibility index (Phi) is 5.66. The molecule has 150 valence electrons. The number of nitrogens with zero attached hydrogens (tertiary/aromatic N) is 4. The average molecular weight is 396 g/mol. The maximum atomic E-state index is 12.9. The van der Waals surface area contributed by atoms with Crippen LogP contribution in [0.1, 0.15) is 48.2 Å². The van der Waals surface area contributed by atoms with E-state index >= 15 is 0 Å². The van der Waals surface area contributed by atoms with Gasteiger partial charge in [-0.05, 0) is 43.9 Å². The minimum absolute atomic E-state index is 0.0136. The molecule has 2 aromatic rings. The van der Waals surface area contributed by atoms with Crippen LogP contribution in [0.2, 0.25) is 0 Å². The summed E-state index contributed by atoms with van der Waals surface area (Å²) < 4.78 is 39.8. The molecule has 1 aromatic carbocycles. The predicted molar refractivity (Wildman–Crippen MR) is 91.9 cm³/mol. The molecule has 2 heterocycles. The highest BCUT2D eigenvalue weighted by molar-refractivity contribution is 5.92. The fourth-order valence-electron chi connectivity index (χ4n) is 3.32. The number of likely N-dealkylation sites (tertiary alicyclic amines) is 1. The molecule has 10 heteroatoms. The molecular formula is C18H19F3N4O3. The van der Waals surface area contributed by atoms with Crippen LogP contribution >= 0.6 is 0 Å². The molecule has 1 N–H and O–H groups in total. The molecule has 1 saturated heterocycles. The van der Waals surface area contributed by atoms with E-state index in [4.69, 9.17) is 5.11 Å². The maximum absolute atomic E-state index is 12.9. The van der Waals surface area contributed by atoms with E-state index in [-0.39, 0.29) is 23.8 Å². The second-order valence-electron chi connectivity index (χ2n) is 6.68. The molecule has 7 nitrogen and oxygen atoms in total. The molecule has 1 atom stereocenters. The van der Waals surface area contributed by atoms with Gasteiger partial charge in [-0.25, -0.2) is 4.68 Å². The summed E-state index contributed by atoms with van der Waals surface area (Å²) in [5.74, 6) is -1.32. The summed E-state index contributed by atoms with van der Waals surface area (Å²) in [6, 6.07) is 4.38. The van der Waals surface area contributed by atoms with Crippen molar-refractivity contribution in [2.45, 2.75) is 44.3 Å². The second kappa shape index (κ2) is 7.99. The number of hydrogen-bond donors (Lipinski definition) is 1. The molecule has 0 unspecified atom stereocenters. The van der Waals surface area contributed by atoms with Crippen molar-refractivity contribution in [3.8, 4) is 5.69 Å². The molecule has 0 spiro atoms. The van der Waals surface area contributed by atoms with E-state index in [1.165, 1.54) is 18.3 Å². The highest BCUT2D eigenvalue weighted by atomic mass is 19.4. The van der Waals surface area contributed by atoms with Crippen LogP contribution < -0.4 is 0 Å². The first kappa shape index (κ1) is 19.8. The lowest BCUT2D eigenvalue weighted by atomic mass is 9.97. The van der Waals surface area contributed by atoms with Crippen LogP contribution in [0.5, 0.6) is 0 Å². The van der Waals surface area contributed by atoms with Gasteiger partial charge in [0.2, 0.25) is 0 Å². The fourth-order valence-corrected chi connectivity index (χ4v) is 3.32. The zero-order valence-electron chi connectivity index (χ0n) is 14.9. The van der Waals surface area contributed by atoms with E-state index in [0.717, 1.165) is 29.7 Å². The van der Waals surface area contributed by atoms with E-state index in [2.05, 4.69) is 10.3 Å². The van der Waals surface area contributed by atoms with Crippen molar-refractivity contribution in [2.75, 3.05) is 6.54 Å². The molecule has 0 bridgehead atoms. The number of carbonyl (C=O) groups excluding carboxylic acids is 1. The number of hydrogen-bond acceptors (Lipinski definition) is 4. The number of aromatic nitrogens is 3. The van der Waals surface area contributed by atoms with Gasteiger partial charge >= 0.3 is 12.1 Å². The third kappa shape index (κ3) is 4.49. The monoisotopic (exact) mass is 396 g/mol. The average Bonchev–Trinajstić information content (AvgIpc) is 3.16. The third-order valence-corrected chi connectivity index (χ3v) is 4.73. The molecule has 0 radical (unpaired) electrons. The Morgan fingerprint density at radius 3 is 2.75 bits per heavy atom. The van der Waals surface area contributed by atoms with Crippen molar-refractivity contribution < 1.29 is 27.9 Å². The first-order valence-corrected chi connectivity index (χ1v) is 8.88. The summed E-state index contributed by atoms with van der Waals surface area (Å²) >= 11 is 0. The Hall–Kier alpha value is -2.91. The van der Waals surface area contributed by atoms with Gasteiger partial charge in [-0.3, -0.25) is 9.59 Å². The molecule has 1 aliphatic heterocycles. The SMILES string of the molecule is O=C(O)CC[C@H]1CCCCN1C(=O)c1cn(-c2cccc(C(F)(F)F)c2)nn1. The molecule has 3 rings (SSSR count). The van der Waals surface area contributed by atoms with Gasteiger partial charge in [-0.15, -0.1) is 5.10 Å². The second-order valence-corrected chi connectivity index (χ2v) is 6.68. The summed E-state index contributed by atoms with van der Waals surface area (Å²) in [5.41, 5.74) is -0.666. The largest absolute Gasteiger partial charge is 0.481 e. The number of carboxylic acids is 1. The quantitative estimate of drug-likeness (QED) is 0.839. The van der Waals surface area contributed by atoms with Gasteiger partial charge in [0.25, 0.3) is 5.91 Å². The molecule has 0 saturated carbocycles.